The number of likely N-dealkylation sites (N-methyl/N-ethyl adjacent to an activating group) is 1. The highest BCUT2D eigenvalue weighted by atomic mass is 32.2. The zero-order valence-corrected chi connectivity index (χ0v) is 23.7. The molecule has 0 spiro atoms. The van der Waals surface area contributed by atoms with Gasteiger partial charge >= 0.3 is 5.82 Å². The standard InChI is InChI=1S/C21H22N5OS.C7H8O3S/c1-4-26-20(27)17(28-21(26)23-18-11-7-8-14-24(18)2)12-13-19-22-15-9-5-6-10-16(15)25(19)3;1-6-2-4-7(5-3-6)11(8,9)10/h5-8,10-14H,4,9H2,1-3H3;2-5H,1H3,(H,8,9,10)/q+1;/p-1/b17-12-,19-13+;. The van der Waals surface area contributed by atoms with Crippen LogP contribution in [-0.4, -0.2) is 45.0 Å². The number of nitrogens with zero attached hydrogens (tertiary/aromatic N) is 5. The van der Waals surface area contributed by atoms with E-state index in [-0.39, 0.29) is 10.8 Å². The van der Waals surface area contributed by atoms with Crippen LogP contribution in [0.4, 0.5) is 5.82 Å². The Morgan fingerprint density at radius 2 is 1.92 bits per heavy atom. The van der Waals surface area contributed by atoms with Crippen LogP contribution in [0.15, 0.2) is 81.7 Å². The fraction of sp³-hybridized carbons (Fsp3) is 0.214. The van der Waals surface area contributed by atoms with Crippen molar-refractivity contribution < 1.29 is 22.3 Å². The second-order valence-corrected chi connectivity index (χ2v) is 11.2. The first-order chi connectivity index (χ1) is 18.6. The minimum absolute atomic E-state index is 0.0201. The fourth-order valence-corrected chi connectivity index (χ4v) is 5.36. The van der Waals surface area contributed by atoms with Gasteiger partial charge in [-0.05, 0) is 67.0 Å². The van der Waals surface area contributed by atoms with Crippen molar-refractivity contribution in [3.05, 3.63) is 93.9 Å². The molecule has 9 nitrogen and oxygen atoms in total. The van der Waals surface area contributed by atoms with Crippen LogP contribution < -0.4 is 15.4 Å². The number of aryl methyl sites for hydroxylation is 2. The number of hydrogen-bond acceptors (Lipinski definition) is 7. The third-order valence-corrected chi connectivity index (χ3v) is 7.96. The molecule has 1 saturated heterocycles. The molecule has 5 rings (SSSR count). The summed E-state index contributed by atoms with van der Waals surface area (Å²) < 4.78 is 35.2. The van der Waals surface area contributed by atoms with Crippen molar-refractivity contribution >= 4 is 50.9 Å². The first-order valence-corrected chi connectivity index (χ1v) is 14.5. The van der Waals surface area contributed by atoms with E-state index in [0.717, 1.165) is 34.3 Å². The Bertz CT molecular complexity index is 1720. The molecule has 1 aromatic carbocycles. The summed E-state index contributed by atoms with van der Waals surface area (Å²) in [5.74, 6) is 0.787. The molecular formula is C28H29N5O4S2. The van der Waals surface area contributed by atoms with Crippen LogP contribution in [0.2, 0.25) is 0 Å². The molecule has 0 bridgehead atoms. The van der Waals surface area contributed by atoms with Gasteiger partial charge in [0, 0.05) is 26.1 Å². The van der Waals surface area contributed by atoms with E-state index in [1.54, 1.807) is 17.0 Å². The zero-order valence-electron chi connectivity index (χ0n) is 22.1. The van der Waals surface area contributed by atoms with Gasteiger partial charge in [-0.3, -0.25) is 9.69 Å². The van der Waals surface area contributed by atoms with Crippen molar-refractivity contribution in [2.24, 2.45) is 19.1 Å². The Hall–Kier alpha value is -3.80. The Labute approximate surface area is 232 Å². The van der Waals surface area contributed by atoms with Crippen LogP contribution in [0.5, 0.6) is 0 Å². The lowest BCUT2D eigenvalue weighted by Crippen LogP contribution is -2.31. The van der Waals surface area contributed by atoms with Crippen molar-refractivity contribution in [1.29, 1.82) is 0 Å². The number of carbonyl (C=O) groups is 1. The van der Waals surface area contributed by atoms with Gasteiger partial charge in [0.1, 0.15) is 15.6 Å². The first-order valence-electron chi connectivity index (χ1n) is 12.2. The molecule has 0 radical (unpaired) electrons. The van der Waals surface area contributed by atoms with Gasteiger partial charge in [0.15, 0.2) is 0 Å². The number of aliphatic imine (C=N–C) groups is 1. The number of amides is 1. The molecule has 3 aromatic rings. The van der Waals surface area contributed by atoms with Crippen molar-refractivity contribution in [3.8, 4) is 0 Å². The smallest absolute Gasteiger partial charge is 0.326 e. The summed E-state index contributed by atoms with van der Waals surface area (Å²) in [6.07, 6.45) is 12.8. The summed E-state index contributed by atoms with van der Waals surface area (Å²) in [7, 11) is -0.333. The highest BCUT2D eigenvalue weighted by Gasteiger charge is 2.35. The molecule has 0 N–H and O–H groups in total. The largest absolute Gasteiger partial charge is 0.744 e. The minimum atomic E-state index is -4.27. The number of amidine groups is 1. The topological polar surface area (TPSA) is 112 Å². The highest BCUT2D eigenvalue weighted by molar-refractivity contribution is 8.18. The Morgan fingerprint density at radius 1 is 1.18 bits per heavy atom. The van der Waals surface area contributed by atoms with Crippen LogP contribution in [0.3, 0.4) is 0 Å². The molecule has 2 aliphatic rings. The lowest BCUT2D eigenvalue weighted by atomic mass is 10.2. The molecule has 202 valence electrons. The maximum atomic E-state index is 12.8. The lowest BCUT2D eigenvalue weighted by molar-refractivity contribution is -0.658. The number of fused-ring (bicyclic) bond motifs is 1. The van der Waals surface area contributed by atoms with E-state index in [1.165, 1.54) is 23.9 Å². The molecule has 1 amide bonds. The molecular weight excluding hydrogens is 534 g/mol. The third-order valence-electron chi connectivity index (χ3n) is 6.09. The van der Waals surface area contributed by atoms with Gasteiger partial charge in [-0.25, -0.2) is 18.0 Å². The maximum absolute atomic E-state index is 12.8. The number of hydrogen-bond donors (Lipinski definition) is 0. The second-order valence-electron chi connectivity index (χ2n) is 8.84. The zero-order chi connectivity index (χ0) is 28.2. The van der Waals surface area contributed by atoms with Gasteiger partial charge in [-0.15, -0.1) is 0 Å². The van der Waals surface area contributed by atoms with Gasteiger partial charge in [0.25, 0.3) is 11.1 Å². The third kappa shape index (κ3) is 6.62. The van der Waals surface area contributed by atoms with Crippen LogP contribution >= 0.6 is 11.8 Å². The van der Waals surface area contributed by atoms with Gasteiger partial charge in [-0.2, -0.15) is 0 Å². The van der Waals surface area contributed by atoms with E-state index in [2.05, 4.69) is 21.7 Å². The van der Waals surface area contributed by atoms with Crippen molar-refractivity contribution in [2.75, 3.05) is 6.54 Å². The lowest BCUT2D eigenvalue weighted by Gasteiger charge is -2.08. The predicted molar refractivity (Wildman–Crippen MR) is 151 cm³/mol. The number of pyridine rings is 1. The minimum Gasteiger partial charge on any atom is -0.744 e. The summed E-state index contributed by atoms with van der Waals surface area (Å²) in [6.45, 7) is 4.36. The summed E-state index contributed by atoms with van der Waals surface area (Å²) in [5, 5.41) is 1.82. The van der Waals surface area contributed by atoms with Gasteiger partial charge in [0.2, 0.25) is 0 Å². The van der Waals surface area contributed by atoms with E-state index < -0.39 is 10.1 Å². The van der Waals surface area contributed by atoms with E-state index >= 15 is 0 Å². The normalized spacial score (nSPS) is 17.3. The molecule has 11 heteroatoms. The summed E-state index contributed by atoms with van der Waals surface area (Å²) in [5.41, 5.74) is 2.83. The Morgan fingerprint density at radius 3 is 2.56 bits per heavy atom. The van der Waals surface area contributed by atoms with Crippen LogP contribution in [0, 0.1) is 6.92 Å². The van der Waals surface area contributed by atoms with E-state index in [0.29, 0.717) is 16.6 Å². The quantitative estimate of drug-likeness (QED) is 0.273. The average Bonchev–Trinajstić information content (AvgIpc) is 3.39. The molecule has 39 heavy (non-hydrogen) atoms. The fourth-order valence-electron chi connectivity index (χ4n) is 3.90. The van der Waals surface area contributed by atoms with Crippen LogP contribution in [0.1, 0.15) is 18.2 Å². The second kappa shape index (κ2) is 11.9. The number of carbonyl (C=O) groups excluding carboxylic acids is 1. The van der Waals surface area contributed by atoms with E-state index in [1.807, 2.05) is 75.1 Å². The number of imidazole rings is 1. The van der Waals surface area contributed by atoms with Crippen LogP contribution in [-0.2, 0) is 35.4 Å². The summed E-state index contributed by atoms with van der Waals surface area (Å²) in [4.78, 5) is 24.4. The monoisotopic (exact) mass is 563 g/mol. The SMILES string of the molecule is CCN1C(=O)/C(=C/C=c2\nc3c(n2C)=CC=CC3)SC1=Nc1cccc[n+]1C.Cc1ccc(S(=O)(=O)[O-])cc1. The molecule has 1 aliphatic carbocycles. The number of aromatic nitrogens is 3. The van der Waals surface area contributed by atoms with Crippen LogP contribution in [0.25, 0.3) is 12.2 Å². The molecule has 0 unspecified atom stereocenters. The van der Waals surface area contributed by atoms with Gasteiger partial charge < -0.3 is 9.12 Å². The molecule has 1 fully saturated rings. The van der Waals surface area contributed by atoms with Gasteiger partial charge in [-0.1, -0.05) is 35.9 Å². The maximum Gasteiger partial charge on any atom is 0.326 e. The summed E-state index contributed by atoms with van der Waals surface area (Å²) in [6, 6.07) is 11.6. The highest BCUT2D eigenvalue weighted by Crippen LogP contribution is 2.31. The van der Waals surface area contributed by atoms with Gasteiger partial charge in [0.05, 0.1) is 34.1 Å². The first kappa shape index (κ1) is 28.2. The molecule has 3 heterocycles. The van der Waals surface area contributed by atoms with E-state index in [9.17, 15) is 17.8 Å². The van der Waals surface area contributed by atoms with E-state index in [4.69, 9.17) is 4.99 Å². The summed E-state index contributed by atoms with van der Waals surface area (Å²) >= 11 is 1.40. The molecule has 2 aromatic heterocycles. The Kier molecular flexibility index (Phi) is 8.63. The van der Waals surface area contributed by atoms with Crippen molar-refractivity contribution in [2.45, 2.75) is 25.2 Å². The molecule has 0 atom stereocenters. The number of thioether (sulfide) groups is 1. The number of benzene rings is 1. The van der Waals surface area contributed by atoms with Crippen molar-refractivity contribution in [3.63, 3.8) is 0 Å². The number of allylic oxidation sites excluding steroid dienone is 3. The molecule has 1 aliphatic heterocycles. The predicted octanol–water partition coefficient (Wildman–Crippen LogP) is 1.98. The average molecular weight is 564 g/mol. The van der Waals surface area contributed by atoms with Crippen molar-refractivity contribution in [1.82, 2.24) is 14.5 Å². The molecule has 0 saturated carbocycles. The number of rotatable bonds is 4. The Balaban J connectivity index is 0.000000270.